The van der Waals surface area contributed by atoms with E-state index in [0.717, 1.165) is 18.7 Å². The maximum atomic E-state index is 5.51. The molecule has 0 radical (unpaired) electrons. The van der Waals surface area contributed by atoms with Crippen LogP contribution < -0.4 is 11.6 Å². The molecule has 10 heavy (non-hydrogen) atoms. The first-order chi connectivity index (χ1) is 4.79. The van der Waals surface area contributed by atoms with Gasteiger partial charge in [-0.15, -0.1) is 10.2 Å². The molecule has 0 aliphatic heterocycles. The summed E-state index contributed by atoms with van der Waals surface area (Å²) in [7, 11) is 0. The molecule has 0 saturated heterocycles. The van der Waals surface area contributed by atoms with Gasteiger partial charge in [0.1, 0.15) is 0 Å². The quantitative estimate of drug-likeness (QED) is 0.511. The highest BCUT2D eigenvalue weighted by Crippen LogP contribution is 2.38. The fourth-order valence-corrected chi connectivity index (χ4v) is 0.936. The van der Waals surface area contributed by atoms with Crippen molar-refractivity contribution in [2.45, 2.75) is 18.8 Å². The van der Waals surface area contributed by atoms with Crippen LogP contribution in [0.3, 0.4) is 0 Å². The number of hydrogen-bond donors (Lipinski definition) is 2. The molecule has 0 amide bonds. The standard InChI is InChI=1S/C5H9N5/c6-5-9-8-4(10(5)7)3-1-2-3/h3H,1-2,7H2,(H2,6,9). The third-order valence-electron chi connectivity index (χ3n) is 1.69. The normalized spacial score (nSPS) is 17.6. The van der Waals surface area contributed by atoms with Gasteiger partial charge in [-0.05, 0) is 12.8 Å². The van der Waals surface area contributed by atoms with Crippen LogP contribution in [-0.2, 0) is 0 Å². The van der Waals surface area contributed by atoms with Crippen molar-refractivity contribution in [3.05, 3.63) is 5.82 Å². The highest BCUT2D eigenvalue weighted by molar-refractivity contribution is 5.20. The molecule has 5 heteroatoms. The molecular weight excluding hydrogens is 130 g/mol. The number of nitrogens with zero attached hydrogens (tertiary/aromatic N) is 3. The summed E-state index contributed by atoms with van der Waals surface area (Å²) < 4.78 is 1.36. The first kappa shape index (κ1) is 5.52. The van der Waals surface area contributed by atoms with Crippen LogP contribution in [0.1, 0.15) is 24.6 Å². The van der Waals surface area contributed by atoms with Gasteiger partial charge in [-0.1, -0.05) is 0 Å². The summed E-state index contributed by atoms with van der Waals surface area (Å²) in [5.41, 5.74) is 5.37. The van der Waals surface area contributed by atoms with Crippen LogP contribution in [-0.4, -0.2) is 14.9 Å². The van der Waals surface area contributed by atoms with E-state index in [4.69, 9.17) is 11.6 Å². The maximum Gasteiger partial charge on any atom is 0.240 e. The molecule has 1 aromatic rings. The van der Waals surface area contributed by atoms with Crippen molar-refractivity contribution in [2.24, 2.45) is 0 Å². The van der Waals surface area contributed by atoms with Crippen LogP contribution in [0.5, 0.6) is 0 Å². The van der Waals surface area contributed by atoms with Gasteiger partial charge < -0.3 is 11.6 Å². The lowest BCUT2D eigenvalue weighted by atomic mass is 10.4. The molecule has 4 N–H and O–H groups in total. The molecule has 54 valence electrons. The zero-order valence-corrected chi connectivity index (χ0v) is 5.49. The summed E-state index contributed by atoms with van der Waals surface area (Å²) in [5.74, 6) is 7.13. The molecule has 2 rings (SSSR count). The van der Waals surface area contributed by atoms with E-state index in [1.165, 1.54) is 4.68 Å². The second-order valence-electron chi connectivity index (χ2n) is 2.56. The Kier molecular flexibility index (Phi) is 0.893. The van der Waals surface area contributed by atoms with Crippen molar-refractivity contribution < 1.29 is 0 Å². The molecule has 0 atom stereocenters. The number of hydrogen-bond acceptors (Lipinski definition) is 4. The van der Waals surface area contributed by atoms with Crippen LogP contribution in [0, 0.1) is 0 Å². The fourth-order valence-electron chi connectivity index (χ4n) is 0.936. The molecule has 0 spiro atoms. The van der Waals surface area contributed by atoms with Gasteiger partial charge >= 0.3 is 0 Å². The molecule has 1 fully saturated rings. The number of aromatic nitrogens is 3. The molecule has 1 aromatic heterocycles. The average Bonchev–Trinajstić information content (AvgIpc) is 2.67. The minimum atomic E-state index is 0.293. The third kappa shape index (κ3) is 0.632. The van der Waals surface area contributed by atoms with Gasteiger partial charge in [-0.25, -0.2) is 4.68 Å². The first-order valence-electron chi connectivity index (χ1n) is 3.25. The summed E-state index contributed by atoms with van der Waals surface area (Å²) in [6, 6.07) is 0. The fraction of sp³-hybridized carbons (Fsp3) is 0.600. The third-order valence-corrected chi connectivity index (χ3v) is 1.69. The van der Waals surface area contributed by atoms with Gasteiger partial charge in [0.2, 0.25) is 5.95 Å². The summed E-state index contributed by atoms with van der Waals surface area (Å²) >= 11 is 0. The molecular formula is C5H9N5. The van der Waals surface area contributed by atoms with Gasteiger partial charge in [0.15, 0.2) is 5.82 Å². The molecule has 5 nitrogen and oxygen atoms in total. The van der Waals surface area contributed by atoms with Crippen molar-refractivity contribution >= 4 is 5.95 Å². The van der Waals surface area contributed by atoms with E-state index in [9.17, 15) is 0 Å². The zero-order chi connectivity index (χ0) is 7.14. The zero-order valence-electron chi connectivity index (χ0n) is 5.49. The molecule has 1 saturated carbocycles. The smallest absolute Gasteiger partial charge is 0.240 e. The van der Waals surface area contributed by atoms with Crippen LogP contribution >= 0.6 is 0 Å². The Bertz CT molecular complexity index is 249. The van der Waals surface area contributed by atoms with Crippen molar-refractivity contribution in [3.63, 3.8) is 0 Å². The minimum absolute atomic E-state index is 0.293. The Morgan fingerprint density at radius 3 is 2.50 bits per heavy atom. The second kappa shape index (κ2) is 1.62. The molecule has 1 aliphatic rings. The molecule has 1 heterocycles. The predicted molar refractivity (Wildman–Crippen MR) is 36.6 cm³/mol. The van der Waals surface area contributed by atoms with E-state index in [1.54, 1.807) is 0 Å². The Balaban J connectivity index is 2.40. The van der Waals surface area contributed by atoms with Gasteiger partial charge in [-0.3, -0.25) is 0 Å². The molecule has 0 unspecified atom stereocenters. The van der Waals surface area contributed by atoms with Crippen LogP contribution in [0.4, 0.5) is 5.95 Å². The summed E-state index contributed by atoms with van der Waals surface area (Å²) in [6.07, 6.45) is 2.32. The Morgan fingerprint density at radius 2 is 2.10 bits per heavy atom. The lowest BCUT2D eigenvalue weighted by molar-refractivity contribution is 0.848. The van der Waals surface area contributed by atoms with Gasteiger partial charge in [0.25, 0.3) is 0 Å². The SMILES string of the molecule is Nc1nnc(C2CC2)n1N. The molecule has 1 aliphatic carbocycles. The van der Waals surface area contributed by atoms with Crippen molar-refractivity contribution in [1.29, 1.82) is 0 Å². The summed E-state index contributed by atoms with van der Waals surface area (Å²) in [4.78, 5) is 0. The Hall–Kier alpha value is -1.26. The second-order valence-corrected chi connectivity index (χ2v) is 2.56. The van der Waals surface area contributed by atoms with Crippen LogP contribution in [0.25, 0.3) is 0 Å². The average molecular weight is 139 g/mol. The van der Waals surface area contributed by atoms with Crippen molar-refractivity contribution in [1.82, 2.24) is 14.9 Å². The summed E-state index contributed by atoms with van der Waals surface area (Å²) in [6.45, 7) is 0. The highest BCUT2D eigenvalue weighted by Gasteiger charge is 2.29. The van der Waals surface area contributed by atoms with E-state index in [1.807, 2.05) is 0 Å². The maximum absolute atomic E-state index is 5.51. The van der Waals surface area contributed by atoms with E-state index >= 15 is 0 Å². The predicted octanol–water partition coefficient (Wildman–Crippen LogP) is -0.549. The molecule has 0 bridgehead atoms. The van der Waals surface area contributed by atoms with Crippen LogP contribution in [0.15, 0.2) is 0 Å². The number of anilines is 1. The summed E-state index contributed by atoms with van der Waals surface area (Å²) in [5, 5.41) is 7.48. The number of nitrogen functional groups attached to an aromatic ring is 2. The lowest BCUT2D eigenvalue weighted by Crippen LogP contribution is -2.14. The Morgan fingerprint density at radius 1 is 1.40 bits per heavy atom. The largest absolute Gasteiger partial charge is 0.366 e. The van der Waals surface area contributed by atoms with Gasteiger partial charge in [0.05, 0.1) is 0 Å². The lowest BCUT2D eigenvalue weighted by Gasteiger charge is -1.95. The highest BCUT2D eigenvalue weighted by atomic mass is 15.4. The van der Waals surface area contributed by atoms with Crippen LogP contribution in [0.2, 0.25) is 0 Å². The number of nitrogens with two attached hydrogens (primary N) is 2. The monoisotopic (exact) mass is 139 g/mol. The van der Waals surface area contributed by atoms with Gasteiger partial charge in [0, 0.05) is 5.92 Å². The van der Waals surface area contributed by atoms with E-state index < -0.39 is 0 Å². The topological polar surface area (TPSA) is 82.8 Å². The van der Waals surface area contributed by atoms with E-state index in [2.05, 4.69) is 10.2 Å². The van der Waals surface area contributed by atoms with E-state index in [0.29, 0.717) is 11.9 Å². The first-order valence-corrected chi connectivity index (χ1v) is 3.25. The van der Waals surface area contributed by atoms with Gasteiger partial charge in [-0.2, -0.15) is 0 Å². The Labute approximate surface area is 58.0 Å². The van der Waals surface area contributed by atoms with Crippen molar-refractivity contribution in [3.8, 4) is 0 Å². The number of rotatable bonds is 1. The van der Waals surface area contributed by atoms with E-state index in [-0.39, 0.29) is 0 Å². The molecule has 0 aromatic carbocycles. The van der Waals surface area contributed by atoms with Crippen molar-refractivity contribution in [2.75, 3.05) is 11.6 Å². The minimum Gasteiger partial charge on any atom is -0.366 e.